The summed E-state index contributed by atoms with van der Waals surface area (Å²) in [4.78, 5) is 9.55. The molecule has 1 N–H and O–H groups in total. The SMILES string of the molecule is Cc1nc(C2CCCC2)nc(C)c1CCNC(C)C. The predicted molar refractivity (Wildman–Crippen MR) is 79.6 cm³/mol. The molecule has 0 bridgehead atoms. The third-order valence-electron chi connectivity index (χ3n) is 4.09. The van der Waals surface area contributed by atoms with Gasteiger partial charge in [-0.3, -0.25) is 0 Å². The van der Waals surface area contributed by atoms with Crippen LogP contribution in [-0.2, 0) is 6.42 Å². The van der Waals surface area contributed by atoms with Gasteiger partial charge in [0.15, 0.2) is 0 Å². The average Bonchev–Trinajstić information content (AvgIpc) is 2.85. The van der Waals surface area contributed by atoms with Crippen molar-refractivity contribution in [2.24, 2.45) is 0 Å². The molecule has 2 rings (SSSR count). The number of hydrogen-bond donors (Lipinski definition) is 1. The number of aryl methyl sites for hydroxylation is 2. The lowest BCUT2D eigenvalue weighted by molar-refractivity contribution is 0.585. The second-order valence-corrected chi connectivity index (χ2v) is 6.07. The van der Waals surface area contributed by atoms with E-state index in [-0.39, 0.29) is 0 Å². The standard InChI is InChI=1S/C16H27N3/c1-11(2)17-10-9-15-12(3)18-16(19-13(15)4)14-7-5-6-8-14/h11,14,17H,5-10H2,1-4H3. The Morgan fingerprint density at radius 1 is 1.11 bits per heavy atom. The number of nitrogens with zero attached hydrogens (tertiary/aromatic N) is 2. The molecule has 0 unspecified atom stereocenters. The Morgan fingerprint density at radius 3 is 2.21 bits per heavy atom. The lowest BCUT2D eigenvalue weighted by atomic mass is 10.0. The summed E-state index contributed by atoms with van der Waals surface area (Å²) >= 11 is 0. The van der Waals surface area contributed by atoms with Crippen molar-refractivity contribution in [1.29, 1.82) is 0 Å². The summed E-state index contributed by atoms with van der Waals surface area (Å²) in [5, 5.41) is 3.46. The highest BCUT2D eigenvalue weighted by atomic mass is 14.9. The van der Waals surface area contributed by atoms with E-state index in [0.29, 0.717) is 12.0 Å². The monoisotopic (exact) mass is 261 g/mol. The normalized spacial score (nSPS) is 16.5. The molecule has 0 saturated heterocycles. The molecule has 0 atom stereocenters. The smallest absolute Gasteiger partial charge is 0.131 e. The predicted octanol–water partition coefficient (Wildman–Crippen LogP) is 3.29. The molecule has 0 amide bonds. The van der Waals surface area contributed by atoms with E-state index in [1.807, 2.05) is 0 Å². The van der Waals surface area contributed by atoms with Crippen LogP contribution in [0.1, 0.15) is 68.2 Å². The molecule has 1 aliphatic carbocycles. The Hall–Kier alpha value is -0.960. The number of hydrogen-bond acceptors (Lipinski definition) is 3. The van der Waals surface area contributed by atoms with E-state index in [0.717, 1.165) is 18.8 Å². The molecule has 1 saturated carbocycles. The van der Waals surface area contributed by atoms with Crippen molar-refractivity contribution in [3.63, 3.8) is 0 Å². The topological polar surface area (TPSA) is 37.8 Å². The van der Waals surface area contributed by atoms with Crippen LogP contribution in [0.4, 0.5) is 0 Å². The van der Waals surface area contributed by atoms with E-state index in [2.05, 4.69) is 33.0 Å². The van der Waals surface area contributed by atoms with E-state index < -0.39 is 0 Å². The maximum atomic E-state index is 4.77. The minimum absolute atomic E-state index is 0.541. The molecule has 0 spiro atoms. The van der Waals surface area contributed by atoms with Crippen LogP contribution < -0.4 is 5.32 Å². The number of nitrogens with one attached hydrogen (secondary N) is 1. The van der Waals surface area contributed by atoms with Gasteiger partial charge in [-0.2, -0.15) is 0 Å². The maximum absolute atomic E-state index is 4.77. The van der Waals surface area contributed by atoms with Crippen molar-refractivity contribution in [3.8, 4) is 0 Å². The van der Waals surface area contributed by atoms with Crippen LogP contribution in [-0.4, -0.2) is 22.6 Å². The first-order valence-electron chi connectivity index (χ1n) is 7.65. The third-order valence-corrected chi connectivity index (χ3v) is 4.09. The summed E-state index contributed by atoms with van der Waals surface area (Å²) in [6.07, 6.45) is 6.25. The molecule has 106 valence electrons. The summed E-state index contributed by atoms with van der Waals surface area (Å²) in [5.41, 5.74) is 3.69. The lowest BCUT2D eigenvalue weighted by Crippen LogP contribution is -2.25. The van der Waals surface area contributed by atoms with Gasteiger partial charge in [-0.25, -0.2) is 9.97 Å². The first-order valence-corrected chi connectivity index (χ1v) is 7.65. The fraction of sp³-hybridized carbons (Fsp3) is 0.750. The van der Waals surface area contributed by atoms with Gasteiger partial charge in [-0.1, -0.05) is 26.7 Å². The molecule has 19 heavy (non-hydrogen) atoms. The van der Waals surface area contributed by atoms with Crippen LogP contribution in [0, 0.1) is 13.8 Å². The quantitative estimate of drug-likeness (QED) is 0.884. The molecule has 0 radical (unpaired) electrons. The lowest BCUT2D eigenvalue weighted by Gasteiger charge is -2.15. The van der Waals surface area contributed by atoms with E-state index >= 15 is 0 Å². The minimum Gasteiger partial charge on any atom is -0.314 e. The highest BCUT2D eigenvalue weighted by molar-refractivity contribution is 5.25. The number of aromatic nitrogens is 2. The second-order valence-electron chi connectivity index (χ2n) is 6.07. The maximum Gasteiger partial charge on any atom is 0.131 e. The van der Waals surface area contributed by atoms with Gasteiger partial charge in [0.25, 0.3) is 0 Å². The largest absolute Gasteiger partial charge is 0.314 e. The fourth-order valence-corrected chi connectivity index (χ4v) is 2.98. The third kappa shape index (κ3) is 3.75. The van der Waals surface area contributed by atoms with Crippen molar-refractivity contribution in [1.82, 2.24) is 15.3 Å². The Bertz CT molecular complexity index is 397. The van der Waals surface area contributed by atoms with Crippen molar-refractivity contribution < 1.29 is 0 Å². The molecule has 1 fully saturated rings. The van der Waals surface area contributed by atoms with Crippen LogP contribution in [0.3, 0.4) is 0 Å². The van der Waals surface area contributed by atoms with Crippen LogP contribution in [0.2, 0.25) is 0 Å². The molecular weight excluding hydrogens is 234 g/mol. The summed E-state index contributed by atoms with van der Waals surface area (Å²) in [7, 11) is 0. The zero-order valence-corrected chi connectivity index (χ0v) is 12.8. The average molecular weight is 261 g/mol. The highest BCUT2D eigenvalue weighted by Gasteiger charge is 2.21. The zero-order valence-electron chi connectivity index (χ0n) is 12.8. The Labute approximate surface area is 117 Å². The van der Waals surface area contributed by atoms with Crippen LogP contribution in [0.25, 0.3) is 0 Å². The van der Waals surface area contributed by atoms with E-state index in [9.17, 15) is 0 Å². The minimum atomic E-state index is 0.541. The molecule has 0 aliphatic heterocycles. The number of rotatable bonds is 5. The molecule has 1 aromatic heterocycles. The molecule has 1 aromatic rings. The highest BCUT2D eigenvalue weighted by Crippen LogP contribution is 2.32. The molecule has 1 heterocycles. The van der Waals surface area contributed by atoms with Crippen LogP contribution in [0.15, 0.2) is 0 Å². The van der Waals surface area contributed by atoms with E-state index in [4.69, 9.17) is 9.97 Å². The molecular formula is C16H27N3. The van der Waals surface area contributed by atoms with Gasteiger partial charge in [0.1, 0.15) is 5.82 Å². The van der Waals surface area contributed by atoms with Gasteiger partial charge in [0, 0.05) is 23.3 Å². The van der Waals surface area contributed by atoms with E-state index in [1.165, 1.54) is 42.6 Å². The van der Waals surface area contributed by atoms with Crippen molar-refractivity contribution in [2.45, 2.75) is 71.8 Å². The van der Waals surface area contributed by atoms with Gasteiger partial charge < -0.3 is 5.32 Å². The van der Waals surface area contributed by atoms with Gasteiger partial charge in [-0.05, 0) is 45.2 Å². The summed E-state index contributed by atoms with van der Waals surface area (Å²) in [6, 6.07) is 0.541. The van der Waals surface area contributed by atoms with Crippen LogP contribution >= 0.6 is 0 Å². The summed E-state index contributed by atoms with van der Waals surface area (Å²) < 4.78 is 0. The molecule has 1 aliphatic rings. The van der Waals surface area contributed by atoms with Gasteiger partial charge >= 0.3 is 0 Å². The van der Waals surface area contributed by atoms with Crippen molar-refractivity contribution >= 4 is 0 Å². The Morgan fingerprint density at radius 2 is 1.68 bits per heavy atom. The first-order chi connectivity index (χ1) is 9.08. The van der Waals surface area contributed by atoms with Gasteiger partial charge in [-0.15, -0.1) is 0 Å². The van der Waals surface area contributed by atoms with E-state index in [1.54, 1.807) is 0 Å². The van der Waals surface area contributed by atoms with Crippen molar-refractivity contribution in [2.75, 3.05) is 6.54 Å². The first kappa shape index (κ1) is 14.4. The molecule has 3 heteroatoms. The summed E-state index contributed by atoms with van der Waals surface area (Å²) in [6.45, 7) is 9.64. The van der Waals surface area contributed by atoms with Crippen LogP contribution in [0.5, 0.6) is 0 Å². The molecule has 0 aromatic carbocycles. The second kappa shape index (κ2) is 6.47. The van der Waals surface area contributed by atoms with Crippen molar-refractivity contribution in [3.05, 3.63) is 22.8 Å². The zero-order chi connectivity index (χ0) is 13.8. The van der Waals surface area contributed by atoms with Gasteiger partial charge in [0.2, 0.25) is 0 Å². The molecule has 3 nitrogen and oxygen atoms in total. The Balaban J connectivity index is 2.08. The van der Waals surface area contributed by atoms with Gasteiger partial charge in [0.05, 0.1) is 0 Å². The fourth-order valence-electron chi connectivity index (χ4n) is 2.98. The summed E-state index contributed by atoms with van der Waals surface area (Å²) in [5.74, 6) is 1.70. The Kier molecular flexibility index (Phi) is 4.92.